The minimum atomic E-state index is 0.255. The molecule has 1 N–H and O–H groups in total. The molecule has 0 aromatic carbocycles. The second kappa shape index (κ2) is 6.12. The lowest BCUT2D eigenvalue weighted by atomic mass is 9.49. The highest BCUT2D eigenvalue weighted by atomic mass is 35.5. The van der Waals surface area contributed by atoms with Crippen LogP contribution >= 0.6 is 11.6 Å². The molecule has 4 bridgehead atoms. The van der Waals surface area contributed by atoms with E-state index in [-0.39, 0.29) is 5.91 Å². The van der Waals surface area contributed by atoms with Crippen molar-refractivity contribution >= 4 is 17.5 Å². The lowest BCUT2D eigenvalue weighted by molar-refractivity contribution is -0.129. The van der Waals surface area contributed by atoms with Crippen molar-refractivity contribution in [3.8, 4) is 0 Å². The number of nitrogens with zero attached hydrogens (tertiary/aromatic N) is 2. The van der Waals surface area contributed by atoms with E-state index >= 15 is 0 Å². The van der Waals surface area contributed by atoms with Gasteiger partial charge < -0.3 is 5.32 Å². The number of carbonyl (C=O) groups excluding carboxylic acids is 1. The monoisotopic (exact) mass is 335 g/mol. The molecule has 0 atom stereocenters. The van der Waals surface area contributed by atoms with Crippen molar-refractivity contribution in [1.82, 2.24) is 15.1 Å². The lowest BCUT2D eigenvalue weighted by Gasteiger charge is -2.56. The molecule has 0 aliphatic heterocycles. The van der Waals surface area contributed by atoms with Gasteiger partial charge in [-0.3, -0.25) is 9.48 Å². The van der Waals surface area contributed by atoms with Gasteiger partial charge in [-0.15, -0.1) is 0 Å². The number of carbonyl (C=O) groups is 1. The van der Waals surface area contributed by atoms with Crippen molar-refractivity contribution in [2.75, 3.05) is 6.54 Å². The molecule has 1 aromatic heterocycles. The van der Waals surface area contributed by atoms with Crippen molar-refractivity contribution in [1.29, 1.82) is 0 Å². The third kappa shape index (κ3) is 3.42. The van der Waals surface area contributed by atoms with E-state index in [9.17, 15) is 4.79 Å². The maximum Gasteiger partial charge on any atom is 0.220 e. The maximum atomic E-state index is 12.4. The van der Waals surface area contributed by atoms with Gasteiger partial charge in [-0.25, -0.2) is 0 Å². The predicted octanol–water partition coefficient (Wildman–Crippen LogP) is 3.65. The molecule has 0 radical (unpaired) electrons. The number of rotatable bonds is 6. The average Bonchev–Trinajstić information content (AvgIpc) is 2.87. The maximum absolute atomic E-state index is 12.4. The van der Waals surface area contributed by atoms with Crippen molar-refractivity contribution in [2.45, 2.75) is 57.9 Å². The molecule has 23 heavy (non-hydrogen) atoms. The molecule has 5 rings (SSSR count). The summed E-state index contributed by atoms with van der Waals surface area (Å²) < 4.78 is 1.83. The molecule has 126 valence electrons. The molecule has 4 aliphatic rings. The van der Waals surface area contributed by atoms with Crippen LogP contribution in [0.25, 0.3) is 0 Å². The molecule has 4 aliphatic carbocycles. The fraction of sp³-hybridized carbons (Fsp3) is 0.778. The Hall–Kier alpha value is -1.03. The second-order valence-electron chi connectivity index (χ2n) is 8.22. The SMILES string of the molecule is O=C(CC12CC3CC(CC(C3)C1)C2)NCCCn1cc(Cl)cn1. The van der Waals surface area contributed by atoms with Gasteiger partial charge in [0.2, 0.25) is 5.91 Å². The molecule has 1 aromatic rings. The van der Waals surface area contributed by atoms with Crippen LogP contribution in [0.1, 0.15) is 51.4 Å². The molecule has 0 saturated heterocycles. The number of amides is 1. The lowest BCUT2D eigenvalue weighted by Crippen LogP contribution is -2.48. The van der Waals surface area contributed by atoms with E-state index in [2.05, 4.69) is 10.4 Å². The molecule has 5 heteroatoms. The average molecular weight is 336 g/mol. The van der Waals surface area contributed by atoms with E-state index in [0.29, 0.717) is 10.4 Å². The minimum absolute atomic E-state index is 0.255. The Balaban J connectivity index is 1.23. The van der Waals surface area contributed by atoms with Crippen LogP contribution in [0.5, 0.6) is 0 Å². The number of hydrogen-bond donors (Lipinski definition) is 1. The number of aryl methyl sites for hydroxylation is 1. The van der Waals surface area contributed by atoms with Gasteiger partial charge in [-0.2, -0.15) is 5.10 Å². The summed E-state index contributed by atoms with van der Waals surface area (Å²) in [7, 11) is 0. The van der Waals surface area contributed by atoms with Crippen molar-refractivity contribution in [3.63, 3.8) is 0 Å². The largest absolute Gasteiger partial charge is 0.356 e. The van der Waals surface area contributed by atoms with Crippen LogP contribution in [0.15, 0.2) is 12.4 Å². The Morgan fingerprint density at radius 1 is 1.26 bits per heavy atom. The van der Waals surface area contributed by atoms with Crippen LogP contribution in [0, 0.1) is 23.2 Å². The molecule has 4 nitrogen and oxygen atoms in total. The van der Waals surface area contributed by atoms with E-state index in [0.717, 1.165) is 43.7 Å². The number of aromatic nitrogens is 2. The highest BCUT2D eigenvalue weighted by Gasteiger charge is 2.51. The van der Waals surface area contributed by atoms with Gasteiger partial charge in [0.1, 0.15) is 0 Å². The summed E-state index contributed by atoms with van der Waals surface area (Å²) in [6, 6.07) is 0. The highest BCUT2D eigenvalue weighted by Crippen LogP contribution is 2.61. The van der Waals surface area contributed by atoms with Crippen LogP contribution in [0.4, 0.5) is 0 Å². The Morgan fingerprint density at radius 2 is 1.91 bits per heavy atom. The first kappa shape index (κ1) is 15.5. The topological polar surface area (TPSA) is 46.9 Å². The van der Waals surface area contributed by atoms with Gasteiger partial charge in [0, 0.05) is 25.7 Å². The van der Waals surface area contributed by atoms with E-state index in [1.54, 1.807) is 6.20 Å². The van der Waals surface area contributed by atoms with Crippen LogP contribution in [0.2, 0.25) is 5.02 Å². The summed E-state index contributed by atoms with van der Waals surface area (Å²) in [6.45, 7) is 1.52. The zero-order valence-electron chi connectivity index (χ0n) is 13.6. The first-order chi connectivity index (χ1) is 11.1. The summed E-state index contributed by atoms with van der Waals surface area (Å²) >= 11 is 5.84. The fourth-order valence-corrected chi connectivity index (χ4v) is 6.00. The first-order valence-electron chi connectivity index (χ1n) is 9.05. The van der Waals surface area contributed by atoms with Gasteiger partial charge in [-0.1, -0.05) is 11.6 Å². The van der Waals surface area contributed by atoms with E-state index in [1.165, 1.54) is 38.5 Å². The normalized spacial score (nSPS) is 34.7. The number of halogens is 1. The molecule has 4 fully saturated rings. The third-order valence-corrected chi connectivity index (χ3v) is 6.38. The smallest absolute Gasteiger partial charge is 0.220 e. The summed E-state index contributed by atoms with van der Waals surface area (Å²) in [6.07, 6.45) is 13.3. The molecular weight excluding hydrogens is 310 g/mol. The molecule has 1 amide bonds. The molecule has 1 heterocycles. The quantitative estimate of drug-likeness (QED) is 0.807. The first-order valence-corrected chi connectivity index (χ1v) is 9.43. The summed E-state index contributed by atoms with van der Waals surface area (Å²) in [5.74, 6) is 3.00. The summed E-state index contributed by atoms with van der Waals surface area (Å²) in [4.78, 5) is 12.4. The zero-order valence-corrected chi connectivity index (χ0v) is 14.4. The number of hydrogen-bond acceptors (Lipinski definition) is 2. The minimum Gasteiger partial charge on any atom is -0.356 e. The van der Waals surface area contributed by atoms with E-state index in [4.69, 9.17) is 11.6 Å². The van der Waals surface area contributed by atoms with Crippen LogP contribution in [0.3, 0.4) is 0 Å². The van der Waals surface area contributed by atoms with Crippen LogP contribution < -0.4 is 5.32 Å². The van der Waals surface area contributed by atoms with Gasteiger partial charge in [0.15, 0.2) is 0 Å². The van der Waals surface area contributed by atoms with Gasteiger partial charge >= 0.3 is 0 Å². The van der Waals surface area contributed by atoms with E-state index < -0.39 is 0 Å². The Kier molecular flexibility index (Phi) is 4.12. The Labute approximate surface area is 143 Å². The van der Waals surface area contributed by atoms with Gasteiger partial charge in [-0.05, 0) is 68.1 Å². The Morgan fingerprint density at radius 3 is 2.48 bits per heavy atom. The predicted molar refractivity (Wildman–Crippen MR) is 90.1 cm³/mol. The van der Waals surface area contributed by atoms with E-state index in [1.807, 2.05) is 10.9 Å². The molecular formula is C18H26ClN3O. The van der Waals surface area contributed by atoms with Gasteiger partial charge in [0.05, 0.1) is 11.2 Å². The summed E-state index contributed by atoms with van der Waals surface area (Å²) in [5, 5.41) is 7.94. The Bertz CT molecular complexity index is 547. The fourth-order valence-electron chi connectivity index (χ4n) is 5.84. The van der Waals surface area contributed by atoms with Gasteiger partial charge in [0.25, 0.3) is 0 Å². The van der Waals surface area contributed by atoms with Crippen molar-refractivity contribution in [2.24, 2.45) is 23.2 Å². The highest BCUT2D eigenvalue weighted by molar-refractivity contribution is 6.30. The van der Waals surface area contributed by atoms with Crippen LogP contribution in [-0.2, 0) is 11.3 Å². The standard InChI is InChI=1S/C18H26ClN3O/c19-16-11-21-22(12-16)3-1-2-20-17(23)10-18-7-13-4-14(8-18)6-15(5-13)9-18/h11-15H,1-10H2,(H,20,23). The van der Waals surface area contributed by atoms with Crippen molar-refractivity contribution in [3.05, 3.63) is 17.4 Å². The zero-order chi connectivity index (χ0) is 15.9. The number of nitrogens with one attached hydrogen (secondary N) is 1. The molecule has 0 unspecified atom stereocenters. The second-order valence-corrected chi connectivity index (χ2v) is 8.66. The van der Waals surface area contributed by atoms with Crippen LogP contribution in [-0.4, -0.2) is 22.2 Å². The third-order valence-electron chi connectivity index (χ3n) is 6.19. The van der Waals surface area contributed by atoms with Crippen molar-refractivity contribution < 1.29 is 4.79 Å². The molecule has 0 spiro atoms. The molecule has 4 saturated carbocycles. The summed E-state index contributed by atoms with van der Waals surface area (Å²) in [5.41, 5.74) is 0.342.